The van der Waals surface area contributed by atoms with E-state index in [4.69, 9.17) is 0 Å². The minimum absolute atomic E-state index is 1.22. The van der Waals surface area contributed by atoms with Crippen molar-refractivity contribution in [3.8, 4) is 44.5 Å². The smallest absolute Gasteiger partial charge is 0.00259 e. The molecule has 0 radical (unpaired) electrons. The first-order valence-electron chi connectivity index (χ1n) is 18.7. The summed E-state index contributed by atoms with van der Waals surface area (Å²) >= 11 is 0. The Kier molecular flexibility index (Phi) is 6.97. The van der Waals surface area contributed by atoms with Crippen LogP contribution in [-0.4, -0.2) is 0 Å². The zero-order chi connectivity index (χ0) is 35.6. The van der Waals surface area contributed by atoms with Crippen molar-refractivity contribution in [2.45, 2.75) is 0 Å². The SMILES string of the molecule is c1ccc(-c2ccc3c(-c4ccc5cc6c(ccc7ccccc76)cc5c4)c4cc(-c5ccccc5)ccc4c(-c4ccc5ccccc5c4)c3c2)cc1. The van der Waals surface area contributed by atoms with Crippen LogP contribution in [0, 0.1) is 0 Å². The van der Waals surface area contributed by atoms with Gasteiger partial charge in [0.05, 0.1) is 0 Å². The number of hydrogen-bond acceptors (Lipinski definition) is 0. The lowest BCUT2D eigenvalue weighted by Crippen LogP contribution is -1.93. The van der Waals surface area contributed by atoms with Crippen LogP contribution in [0.3, 0.4) is 0 Å². The van der Waals surface area contributed by atoms with Crippen molar-refractivity contribution in [3.63, 3.8) is 0 Å². The highest BCUT2D eigenvalue weighted by atomic mass is 14.2. The van der Waals surface area contributed by atoms with Crippen molar-refractivity contribution in [1.29, 1.82) is 0 Å². The van der Waals surface area contributed by atoms with Crippen molar-refractivity contribution in [2.24, 2.45) is 0 Å². The second-order valence-corrected chi connectivity index (χ2v) is 14.5. The summed E-state index contributed by atoms with van der Waals surface area (Å²) in [5, 5.41) is 15.1. The first-order valence-corrected chi connectivity index (χ1v) is 18.7. The van der Waals surface area contributed by atoms with E-state index in [9.17, 15) is 0 Å². The maximum Gasteiger partial charge on any atom is -0.00259 e. The molecule has 0 nitrogen and oxygen atoms in total. The van der Waals surface area contributed by atoms with E-state index in [1.807, 2.05) is 0 Å². The van der Waals surface area contributed by atoms with Crippen LogP contribution in [0.1, 0.15) is 0 Å². The molecular formula is C54H34. The summed E-state index contributed by atoms with van der Waals surface area (Å²) in [4.78, 5) is 0. The molecule has 0 aliphatic rings. The summed E-state index contributed by atoms with van der Waals surface area (Å²) in [7, 11) is 0. The van der Waals surface area contributed by atoms with Gasteiger partial charge >= 0.3 is 0 Å². The second-order valence-electron chi connectivity index (χ2n) is 14.5. The molecule has 11 aromatic carbocycles. The van der Waals surface area contributed by atoms with Crippen LogP contribution < -0.4 is 0 Å². The van der Waals surface area contributed by atoms with Crippen molar-refractivity contribution in [1.82, 2.24) is 0 Å². The Morgan fingerprint density at radius 3 is 1.28 bits per heavy atom. The predicted octanol–water partition coefficient (Wildman–Crippen LogP) is 15.3. The number of benzene rings is 11. The molecule has 0 fully saturated rings. The van der Waals surface area contributed by atoms with E-state index >= 15 is 0 Å². The van der Waals surface area contributed by atoms with Gasteiger partial charge in [0, 0.05) is 0 Å². The summed E-state index contributed by atoms with van der Waals surface area (Å²) in [6.45, 7) is 0. The van der Waals surface area contributed by atoms with Crippen LogP contribution in [0.4, 0.5) is 0 Å². The predicted molar refractivity (Wildman–Crippen MR) is 233 cm³/mol. The molecule has 0 saturated heterocycles. The lowest BCUT2D eigenvalue weighted by Gasteiger charge is -2.20. The number of fused-ring (bicyclic) bond motifs is 7. The van der Waals surface area contributed by atoms with Gasteiger partial charge in [-0.2, -0.15) is 0 Å². The molecule has 0 aromatic heterocycles. The first-order chi connectivity index (χ1) is 26.7. The Labute approximate surface area is 314 Å². The molecule has 0 atom stereocenters. The van der Waals surface area contributed by atoms with Gasteiger partial charge in [-0.1, -0.05) is 170 Å². The fourth-order valence-corrected chi connectivity index (χ4v) is 8.72. The van der Waals surface area contributed by atoms with E-state index < -0.39 is 0 Å². The standard InChI is InChI=1S/C54H34/c1-3-11-35(12-4-1)40-26-28-49-51(33-40)53(44-23-19-37-15-7-8-17-39(37)29-44)48-27-25-41(36-13-5-2-6-14-36)34-52(48)54(49)45-24-21-42-32-50-43(30-46(42)31-45)22-20-38-16-9-10-18-47(38)50/h1-34H. The molecule has 0 unspecified atom stereocenters. The van der Waals surface area contributed by atoms with Crippen molar-refractivity contribution >= 4 is 64.6 Å². The molecule has 0 aliphatic heterocycles. The highest BCUT2D eigenvalue weighted by molar-refractivity contribution is 6.23. The Morgan fingerprint density at radius 2 is 0.630 bits per heavy atom. The van der Waals surface area contributed by atoms with E-state index in [-0.39, 0.29) is 0 Å². The van der Waals surface area contributed by atoms with Gasteiger partial charge in [0.2, 0.25) is 0 Å². The van der Waals surface area contributed by atoms with E-state index in [1.54, 1.807) is 0 Å². The molecule has 0 bridgehead atoms. The van der Waals surface area contributed by atoms with Crippen LogP contribution in [0.25, 0.3) is 109 Å². The highest BCUT2D eigenvalue weighted by Gasteiger charge is 2.19. The normalized spacial score (nSPS) is 11.7. The molecule has 0 saturated carbocycles. The molecule has 11 aromatic rings. The average molecular weight is 683 g/mol. The largest absolute Gasteiger partial charge is 0.0622 e. The minimum atomic E-state index is 1.22. The van der Waals surface area contributed by atoms with Gasteiger partial charge in [-0.15, -0.1) is 0 Å². The summed E-state index contributed by atoms with van der Waals surface area (Å²) in [5.41, 5.74) is 9.85. The van der Waals surface area contributed by atoms with Gasteiger partial charge in [-0.05, 0) is 146 Å². The molecule has 0 heteroatoms. The van der Waals surface area contributed by atoms with E-state index in [2.05, 4.69) is 206 Å². The fraction of sp³-hybridized carbons (Fsp3) is 0. The number of rotatable bonds is 4. The maximum absolute atomic E-state index is 2.42. The van der Waals surface area contributed by atoms with Gasteiger partial charge in [-0.25, -0.2) is 0 Å². The molecule has 0 N–H and O–H groups in total. The quantitative estimate of drug-likeness (QED) is 0.128. The molecule has 11 rings (SSSR count). The summed E-state index contributed by atoms with van der Waals surface area (Å²) in [6, 6.07) is 76.3. The van der Waals surface area contributed by atoms with Gasteiger partial charge < -0.3 is 0 Å². The lowest BCUT2D eigenvalue weighted by molar-refractivity contribution is 1.63. The molecular weight excluding hydrogens is 649 g/mol. The van der Waals surface area contributed by atoms with E-state index in [0.29, 0.717) is 0 Å². The fourth-order valence-electron chi connectivity index (χ4n) is 8.72. The maximum atomic E-state index is 2.42. The summed E-state index contributed by atoms with van der Waals surface area (Å²) in [5.74, 6) is 0. The van der Waals surface area contributed by atoms with Crippen LogP contribution in [0.15, 0.2) is 206 Å². The van der Waals surface area contributed by atoms with Crippen molar-refractivity contribution < 1.29 is 0 Å². The second kappa shape index (κ2) is 12.3. The van der Waals surface area contributed by atoms with Crippen LogP contribution >= 0.6 is 0 Å². The molecule has 0 aliphatic carbocycles. The topological polar surface area (TPSA) is 0 Å². The Balaban J connectivity index is 1.25. The Bertz CT molecular complexity index is 3240. The monoisotopic (exact) mass is 682 g/mol. The molecule has 0 amide bonds. The third-order valence-corrected chi connectivity index (χ3v) is 11.4. The summed E-state index contributed by atoms with van der Waals surface area (Å²) < 4.78 is 0. The van der Waals surface area contributed by atoms with Crippen LogP contribution in [0.2, 0.25) is 0 Å². The lowest BCUT2D eigenvalue weighted by atomic mass is 9.83. The Hall–Kier alpha value is -7.02. The van der Waals surface area contributed by atoms with E-state index in [1.165, 1.54) is 109 Å². The van der Waals surface area contributed by atoms with Crippen molar-refractivity contribution in [2.75, 3.05) is 0 Å². The molecule has 54 heavy (non-hydrogen) atoms. The third kappa shape index (κ3) is 4.99. The molecule has 0 spiro atoms. The molecule has 0 heterocycles. The van der Waals surface area contributed by atoms with Gasteiger partial charge in [-0.3, -0.25) is 0 Å². The highest BCUT2D eigenvalue weighted by Crippen LogP contribution is 2.47. The third-order valence-electron chi connectivity index (χ3n) is 11.4. The van der Waals surface area contributed by atoms with Gasteiger partial charge in [0.15, 0.2) is 0 Å². The first kappa shape index (κ1) is 30.6. The van der Waals surface area contributed by atoms with Crippen LogP contribution in [0.5, 0.6) is 0 Å². The zero-order valence-electron chi connectivity index (χ0n) is 29.6. The van der Waals surface area contributed by atoms with Crippen LogP contribution in [-0.2, 0) is 0 Å². The van der Waals surface area contributed by atoms with Gasteiger partial charge in [0.25, 0.3) is 0 Å². The number of hydrogen-bond donors (Lipinski definition) is 0. The average Bonchev–Trinajstić information content (AvgIpc) is 3.24. The minimum Gasteiger partial charge on any atom is -0.0622 e. The van der Waals surface area contributed by atoms with Crippen molar-refractivity contribution in [3.05, 3.63) is 206 Å². The molecule has 250 valence electrons. The van der Waals surface area contributed by atoms with Gasteiger partial charge in [0.1, 0.15) is 0 Å². The zero-order valence-corrected chi connectivity index (χ0v) is 29.6. The summed E-state index contributed by atoms with van der Waals surface area (Å²) in [6.07, 6.45) is 0. The Morgan fingerprint density at radius 1 is 0.167 bits per heavy atom. The van der Waals surface area contributed by atoms with E-state index in [0.717, 1.165) is 0 Å².